The summed E-state index contributed by atoms with van der Waals surface area (Å²) >= 11 is 0. The normalized spacial score (nSPS) is 17.4. The molecule has 36 heavy (non-hydrogen) atoms. The SMILES string of the molecule is COC(=O)C1=C(C(=O)OC)N(c2cc(C(=O)NC3CC3)ccc2C)C(N)=C(C#N)C1c1ccccc1. The molecule has 2 aromatic carbocycles. The van der Waals surface area contributed by atoms with E-state index in [1.807, 2.05) is 0 Å². The molecule has 1 saturated carbocycles. The number of hydrogen-bond acceptors (Lipinski definition) is 8. The van der Waals surface area contributed by atoms with Gasteiger partial charge in [-0.2, -0.15) is 5.26 Å². The van der Waals surface area contributed by atoms with Gasteiger partial charge in [-0.05, 0) is 43.0 Å². The number of carbonyl (C=O) groups excluding carboxylic acids is 3. The molecule has 1 atom stereocenters. The molecule has 1 fully saturated rings. The molecule has 1 heterocycles. The van der Waals surface area contributed by atoms with Crippen molar-refractivity contribution in [3.63, 3.8) is 0 Å². The van der Waals surface area contributed by atoms with Crippen LogP contribution in [-0.2, 0) is 19.1 Å². The first-order valence-electron chi connectivity index (χ1n) is 11.4. The zero-order valence-corrected chi connectivity index (χ0v) is 20.2. The number of anilines is 1. The quantitative estimate of drug-likeness (QED) is 0.595. The number of aryl methyl sites for hydroxylation is 1. The Morgan fingerprint density at radius 1 is 1.06 bits per heavy atom. The Morgan fingerprint density at radius 3 is 2.31 bits per heavy atom. The van der Waals surface area contributed by atoms with Crippen molar-refractivity contribution in [1.82, 2.24) is 5.32 Å². The fourth-order valence-corrected chi connectivity index (χ4v) is 4.25. The molecule has 0 bridgehead atoms. The number of nitrogens with zero attached hydrogens (tertiary/aromatic N) is 2. The molecular weight excluding hydrogens is 460 g/mol. The number of methoxy groups -OCH3 is 2. The van der Waals surface area contributed by atoms with Crippen LogP contribution in [0.1, 0.15) is 40.2 Å². The van der Waals surface area contributed by atoms with Crippen molar-refractivity contribution < 1.29 is 23.9 Å². The van der Waals surface area contributed by atoms with Crippen LogP contribution in [0, 0.1) is 18.3 Å². The highest BCUT2D eigenvalue weighted by atomic mass is 16.5. The van der Waals surface area contributed by atoms with Crippen LogP contribution in [0.3, 0.4) is 0 Å². The summed E-state index contributed by atoms with van der Waals surface area (Å²) in [5, 5.41) is 13.1. The van der Waals surface area contributed by atoms with Crippen molar-refractivity contribution in [3.05, 3.63) is 87.9 Å². The highest BCUT2D eigenvalue weighted by Gasteiger charge is 2.43. The minimum atomic E-state index is -0.962. The molecule has 0 spiro atoms. The summed E-state index contributed by atoms with van der Waals surface area (Å²) in [6, 6.07) is 16.0. The number of carbonyl (C=O) groups is 3. The third kappa shape index (κ3) is 4.41. The lowest BCUT2D eigenvalue weighted by molar-refractivity contribution is -0.139. The molecule has 0 saturated heterocycles. The highest BCUT2D eigenvalue weighted by molar-refractivity contribution is 6.07. The first-order chi connectivity index (χ1) is 17.3. The smallest absolute Gasteiger partial charge is 0.355 e. The van der Waals surface area contributed by atoms with Crippen LogP contribution in [0.25, 0.3) is 0 Å². The van der Waals surface area contributed by atoms with Gasteiger partial charge >= 0.3 is 11.9 Å². The van der Waals surface area contributed by atoms with E-state index in [0.29, 0.717) is 22.4 Å². The van der Waals surface area contributed by atoms with Crippen LogP contribution >= 0.6 is 0 Å². The van der Waals surface area contributed by atoms with Gasteiger partial charge in [0.1, 0.15) is 11.5 Å². The van der Waals surface area contributed by atoms with E-state index in [2.05, 4.69) is 11.4 Å². The minimum Gasteiger partial charge on any atom is -0.466 e. The molecule has 4 rings (SSSR count). The summed E-state index contributed by atoms with van der Waals surface area (Å²) in [6.07, 6.45) is 1.85. The van der Waals surface area contributed by atoms with Crippen LogP contribution in [0.15, 0.2) is 71.2 Å². The molecule has 2 aliphatic rings. The number of amides is 1. The number of esters is 2. The Labute approximate surface area is 208 Å². The average molecular weight is 487 g/mol. The van der Waals surface area contributed by atoms with Gasteiger partial charge in [0.2, 0.25) is 0 Å². The van der Waals surface area contributed by atoms with Gasteiger partial charge in [-0.1, -0.05) is 36.4 Å². The summed E-state index contributed by atoms with van der Waals surface area (Å²) in [7, 11) is 2.38. The summed E-state index contributed by atoms with van der Waals surface area (Å²) in [5.41, 5.74) is 8.28. The van der Waals surface area contributed by atoms with Gasteiger partial charge in [-0.15, -0.1) is 0 Å². The maximum atomic E-state index is 13.2. The third-order valence-corrected chi connectivity index (χ3v) is 6.24. The molecular formula is C27H26N4O5. The summed E-state index contributed by atoms with van der Waals surface area (Å²) in [6.45, 7) is 1.77. The second-order valence-corrected chi connectivity index (χ2v) is 8.58. The topological polar surface area (TPSA) is 135 Å². The zero-order valence-electron chi connectivity index (χ0n) is 20.2. The Kier molecular flexibility index (Phi) is 6.79. The number of allylic oxidation sites excluding steroid dienone is 1. The minimum absolute atomic E-state index is 0.0535. The number of nitriles is 1. The summed E-state index contributed by atoms with van der Waals surface area (Å²) in [4.78, 5) is 40.4. The van der Waals surface area contributed by atoms with Crippen molar-refractivity contribution in [3.8, 4) is 6.07 Å². The Morgan fingerprint density at radius 2 is 1.72 bits per heavy atom. The van der Waals surface area contributed by atoms with Crippen molar-refractivity contribution in [2.45, 2.75) is 31.7 Å². The second-order valence-electron chi connectivity index (χ2n) is 8.58. The molecule has 1 unspecified atom stereocenters. The van der Waals surface area contributed by atoms with Gasteiger partial charge in [0.25, 0.3) is 5.91 Å². The van der Waals surface area contributed by atoms with E-state index < -0.39 is 17.9 Å². The summed E-state index contributed by atoms with van der Waals surface area (Å²) in [5.74, 6) is -2.94. The molecule has 2 aromatic rings. The van der Waals surface area contributed by atoms with E-state index in [0.717, 1.165) is 12.8 Å². The molecule has 3 N–H and O–H groups in total. The average Bonchev–Trinajstić information content (AvgIpc) is 3.72. The van der Waals surface area contributed by atoms with E-state index in [-0.39, 0.29) is 34.6 Å². The molecule has 0 radical (unpaired) electrons. The zero-order chi connectivity index (χ0) is 26.0. The third-order valence-electron chi connectivity index (χ3n) is 6.24. The monoisotopic (exact) mass is 486 g/mol. The largest absolute Gasteiger partial charge is 0.466 e. The number of hydrogen-bond donors (Lipinski definition) is 2. The molecule has 0 aromatic heterocycles. The van der Waals surface area contributed by atoms with Gasteiger partial charge < -0.3 is 20.5 Å². The Balaban J connectivity index is 1.99. The number of nitrogens with one attached hydrogen (secondary N) is 1. The van der Waals surface area contributed by atoms with Gasteiger partial charge in [-0.25, -0.2) is 9.59 Å². The van der Waals surface area contributed by atoms with Gasteiger partial charge in [0.15, 0.2) is 0 Å². The maximum Gasteiger partial charge on any atom is 0.355 e. The van der Waals surface area contributed by atoms with Crippen molar-refractivity contribution >= 4 is 23.5 Å². The van der Waals surface area contributed by atoms with Crippen LogP contribution in [0.4, 0.5) is 5.69 Å². The molecule has 9 heteroatoms. The van der Waals surface area contributed by atoms with E-state index >= 15 is 0 Å². The number of benzene rings is 2. The van der Waals surface area contributed by atoms with Crippen LogP contribution in [-0.4, -0.2) is 38.1 Å². The lowest BCUT2D eigenvalue weighted by atomic mass is 9.80. The van der Waals surface area contributed by atoms with E-state index in [1.165, 1.54) is 19.1 Å². The van der Waals surface area contributed by atoms with Gasteiger partial charge in [0.05, 0.1) is 43.0 Å². The predicted octanol–water partition coefficient (Wildman–Crippen LogP) is 2.79. The van der Waals surface area contributed by atoms with Crippen LogP contribution < -0.4 is 16.0 Å². The highest BCUT2D eigenvalue weighted by Crippen LogP contribution is 2.44. The van der Waals surface area contributed by atoms with Crippen LogP contribution in [0.5, 0.6) is 0 Å². The van der Waals surface area contributed by atoms with E-state index in [1.54, 1.807) is 55.5 Å². The molecule has 9 nitrogen and oxygen atoms in total. The molecule has 1 aliphatic carbocycles. The standard InChI is InChI=1S/C27H26N4O5/c1-15-9-10-17(25(32)30-18-11-12-18)13-20(15)31-23(27(34)36-3)22(26(33)35-2)21(19(14-28)24(31)29)16-7-5-4-6-8-16/h4-10,13,18,21H,11-12,29H2,1-3H3,(H,30,32). The summed E-state index contributed by atoms with van der Waals surface area (Å²) < 4.78 is 10.1. The Bertz CT molecular complexity index is 1340. The van der Waals surface area contributed by atoms with Crippen molar-refractivity contribution in [2.24, 2.45) is 5.73 Å². The fraction of sp³-hybridized carbons (Fsp3) is 0.259. The van der Waals surface area contributed by atoms with Crippen LogP contribution in [0.2, 0.25) is 0 Å². The van der Waals surface area contributed by atoms with E-state index in [9.17, 15) is 19.6 Å². The molecule has 184 valence electrons. The number of ether oxygens (including phenoxy) is 2. The van der Waals surface area contributed by atoms with Crippen molar-refractivity contribution in [2.75, 3.05) is 19.1 Å². The number of nitrogens with two attached hydrogens (primary N) is 1. The lowest BCUT2D eigenvalue weighted by Gasteiger charge is -2.36. The Hall–Kier alpha value is -4.58. The van der Waals surface area contributed by atoms with E-state index in [4.69, 9.17) is 15.2 Å². The second kappa shape index (κ2) is 9.96. The first kappa shape index (κ1) is 24.5. The van der Waals surface area contributed by atoms with Gasteiger partial charge in [-0.3, -0.25) is 9.69 Å². The number of rotatable bonds is 6. The van der Waals surface area contributed by atoms with Gasteiger partial charge in [0, 0.05) is 11.6 Å². The first-order valence-corrected chi connectivity index (χ1v) is 11.4. The molecule has 1 amide bonds. The fourth-order valence-electron chi connectivity index (χ4n) is 4.25. The maximum absolute atomic E-state index is 13.2. The predicted molar refractivity (Wildman–Crippen MR) is 131 cm³/mol. The molecule has 1 aliphatic heterocycles. The lowest BCUT2D eigenvalue weighted by Crippen LogP contribution is -2.41. The van der Waals surface area contributed by atoms with Crippen molar-refractivity contribution in [1.29, 1.82) is 5.26 Å².